The summed E-state index contributed by atoms with van der Waals surface area (Å²) in [7, 11) is 1.36. The molecule has 0 bridgehead atoms. The van der Waals surface area contributed by atoms with E-state index < -0.39 is 5.97 Å². The summed E-state index contributed by atoms with van der Waals surface area (Å²) in [5, 5.41) is 0. The van der Waals surface area contributed by atoms with Gasteiger partial charge in [0, 0.05) is 12.5 Å². The quantitative estimate of drug-likeness (QED) is 0.853. The van der Waals surface area contributed by atoms with E-state index in [0.29, 0.717) is 17.8 Å². The molecule has 106 valence electrons. The number of aryl methyl sites for hydroxylation is 1. The van der Waals surface area contributed by atoms with Crippen molar-refractivity contribution in [2.24, 2.45) is 5.92 Å². The van der Waals surface area contributed by atoms with Crippen LogP contribution in [0.3, 0.4) is 0 Å². The monoisotopic (exact) mass is 265 g/mol. The zero-order valence-corrected chi connectivity index (χ0v) is 12.0. The second-order valence-corrected chi connectivity index (χ2v) is 5.31. The molecule has 0 saturated heterocycles. The molecule has 1 aliphatic carbocycles. The Kier molecular flexibility index (Phi) is 4.12. The minimum Gasteiger partial charge on any atom is -0.464 e. The molecule has 2 unspecified atom stereocenters. The van der Waals surface area contributed by atoms with E-state index in [4.69, 9.17) is 10.5 Å². The Hall–Kier alpha value is -1.52. The molecule has 0 radical (unpaired) electrons. The summed E-state index contributed by atoms with van der Waals surface area (Å²) in [6.45, 7) is 4.29. The second-order valence-electron chi connectivity index (χ2n) is 5.31. The fourth-order valence-electron chi connectivity index (χ4n) is 3.04. The number of hydrogen-bond donors (Lipinski definition) is 1. The molecule has 1 aromatic heterocycles. The van der Waals surface area contributed by atoms with E-state index in [9.17, 15) is 4.79 Å². The van der Waals surface area contributed by atoms with Crippen molar-refractivity contribution in [3.63, 3.8) is 0 Å². The van der Waals surface area contributed by atoms with Crippen molar-refractivity contribution in [2.75, 3.05) is 12.8 Å². The van der Waals surface area contributed by atoms with Crippen LogP contribution in [0.15, 0.2) is 0 Å². The van der Waals surface area contributed by atoms with Gasteiger partial charge in [-0.2, -0.15) is 0 Å². The van der Waals surface area contributed by atoms with Gasteiger partial charge in [0.2, 0.25) is 0 Å². The van der Waals surface area contributed by atoms with Crippen LogP contribution in [-0.2, 0) is 11.2 Å². The van der Waals surface area contributed by atoms with Gasteiger partial charge in [-0.05, 0) is 18.8 Å². The van der Waals surface area contributed by atoms with E-state index in [1.54, 1.807) is 0 Å². The maximum atomic E-state index is 11.7. The summed E-state index contributed by atoms with van der Waals surface area (Å²) in [6, 6.07) is 0.356. The Labute approximate surface area is 114 Å². The Balaban J connectivity index is 2.43. The summed E-state index contributed by atoms with van der Waals surface area (Å²) >= 11 is 0. The Morgan fingerprint density at radius 2 is 2.16 bits per heavy atom. The standard InChI is InChI=1S/C14H23N3O2/c1-4-11-16-12(14(18)19-3)13(15)17(11)10-8-6-5-7-9(10)2/h9-10H,4-8,15H2,1-3H3. The molecule has 0 amide bonds. The fraction of sp³-hybridized carbons (Fsp3) is 0.714. The summed E-state index contributed by atoms with van der Waals surface area (Å²) in [5.74, 6) is 1.47. The minimum absolute atomic E-state index is 0.261. The number of carbonyl (C=O) groups excluding carboxylic acids is 1. The first kappa shape index (κ1) is 13.9. The number of esters is 1. The van der Waals surface area contributed by atoms with E-state index in [-0.39, 0.29) is 5.69 Å². The molecule has 5 heteroatoms. The van der Waals surface area contributed by atoms with Gasteiger partial charge >= 0.3 is 5.97 Å². The van der Waals surface area contributed by atoms with Crippen LogP contribution in [0.4, 0.5) is 5.82 Å². The topological polar surface area (TPSA) is 70.1 Å². The van der Waals surface area contributed by atoms with Crippen LogP contribution >= 0.6 is 0 Å². The fourth-order valence-corrected chi connectivity index (χ4v) is 3.04. The zero-order valence-electron chi connectivity index (χ0n) is 12.0. The highest BCUT2D eigenvalue weighted by molar-refractivity contribution is 5.92. The average Bonchev–Trinajstić information content (AvgIpc) is 2.75. The number of hydrogen-bond acceptors (Lipinski definition) is 4. The third-order valence-electron chi connectivity index (χ3n) is 4.11. The lowest BCUT2D eigenvalue weighted by atomic mass is 9.85. The molecule has 0 aromatic carbocycles. The first-order chi connectivity index (χ1) is 9.10. The highest BCUT2D eigenvalue weighted by atomic mass is 16.5. The molecule has 5 nitrogen and oxygen atoms in total. The van der Waals surface area contributed by atoms with Crippen LogP contribution in [0.5, 0.6) is 0 Å². The van der Waals surface area contributed by atoms with Crippen molar-refractivity contribution < 1.29 is 9.53 Å². The maximum absolute atomic E-state index is 11.7. The summed E-state index contributed by atoms with van der Waals surface area (Å²) < 4.78 is 6.81. The molecule has 2 N–H and O–H groups in total. The van der Waals surface area contributed by atoms with Crippen LogP contribution < -0.4 is 5.73 Å². The van der Waals surface area contributed by atoms with Gasteiger partial charge in [0.1, 0.15) is 11.6 Å². The number of nitrogens with two attached hydrogens (primary N) is 1. The second kappa shape index (κ2) is 5.63. The first-order valence-electron chi connectivity index (χ1n) is 7.05. The molecule has 19 heavy (non-hydrogen) atoms. The van der Waals surface area contributed by atoms with Crippen LogP contribution in [-0.4, -0.2) is 22.6 Å². The number of methoxy groups -OCH3 is 1. The van der Waals surface area contributed by atoms with Crippen LogP contribution in [0.25, 0.3) is 0 Å². The van der Waals surface area contributed by atoms with Gasteiger partial charge in [-0.15, -0.1) is 0 Å². The number of nitrogens with zero attached hydrogens (tertiary/aromatic N) is 2. The Morgan fingerprint density at radius 3 is 2.74 bits per heavy atom. The Bertz CT molecular complexity index is 468. The number of carbonyl (C=O) groups is 1. The lowest BCUT2D eigenvalue weighted by molar-refractivity contribution is 0.0595. The lowest BCUT2D eigenvalue weighted by Crippen LogP contribution is -2.24. The average molecular weight is 265 g/mol. The predicted molar refractivity (Wildman–Crippen MR) is 74.0 cm³/mol. The summed E-state index contributed by atoms with van der Waals surface area (Å²) in [4.78, 5) is 16.1. The van der Waals surface area contributed by atoms with Gasteiger partial charge in [0.25, 0.3) is 0 Å². The smallest absolute Gasteiger partial charge is 0.360 e. The van der Waals surface area contributed by atoms with Crippen molar-refractivity contribution >= 4 is 11.8 Å². The van der Waals surface area contributed by atoms with Crippen molar-refractivity contribution in [2.45, 2.75) is 52.0 Å². The summed E-state index contributed by atoms with van der Waals surface area (Å²) in [5.41, 5.74) is 6.41. The van der Waals surface area contributed by atoms with Gasteiger partial charge in [-0.1, -0.05) is 26.7 Å². The van der Waals surface area contributed by atoms with E-state index in [1.807, 2.05) is 6.92 Å². The lowest BCUT2D eigenvalue weighted by Gasteiger charge is -2.31. The van der Waals surface area contributed by atoms with Gasteiger partial charge in [-0.25, -0.2) is 9.78 Å². The highest BCUT2D eigenvalue weighted by Crippen LogP contribution is 2.37. The van der Waals surface area contributed by atoms with Gasteiger partial charge in [0.05, 0.1) is 7.11 Å². The third-order valence-corrected chi connectivity index (χ3v) is 4.11. The van der Waals surface area contributed by atoms with Crippen LogP contribution in [0.2, 0.25) is 0 Å². The molecule has 1 aromatic rings. The zero-order chi connectivity index (χ0) is 14.0. The third kappa shape index (κ3) is 2.46. The predicted octanol–water partition coefficient (Wildman–Crippen LogP) is 2.57. The van der Waals surface area contributed by atoms with Crippen LogP contribution in [0, 0.1) is 5.92 Å². The van der Waals surface area contributed by atoms with Crippen molar-refractivity contribution in [3.8, 4) is 0 Å². The molecule has 0 aliphatic heterocycles. The van der Waals surface area contributed by atoms with E-state index in [2.05, 4.69) is 16.5 Å². The van der Waals surface area contributed by atoms with Gasteiger partial charge in [-0.3, -0.25) is 0 Å². The minimum atomic E-state index is -0.450. The van der Waals surface area contributed by atoms with Gasteiger partial charge in [0.15, 0.2) is 5.69 Å². The number of ether oxygens (including phenoxy) is 1. The molecular formula is C14H23N3O2. The number of nitrogen functional groups attached to an aromatic ring is 1. The largest absolute Gasteiger partial charge is 0.464 e. The van der Waals surface area contributed by atoms with Crippen LogP contribution in [0.1, 0.15) is 61.9 Å². The molecule has 1 aliphatic rings. The van der Waals surface area contributed by atoms with Crippen molar-refractivity contribution in [1.29, 1.82) is 0 Å². The number of rotatable bonds is 3. The Morgan fingerprint density at radius 1 is 1.47 bits per heavy atom. The van der Waals surface area contributed by atoms with E-state index in [0.717, 1.165) is 18.7 Å². The van der Waals surface area contributed by atoms with Crippen molar-refractivity contribution in [1.82, 2.24) is 9.55 Å². The molecule has 2 atom stereocenters. The molecule has 1 heterocycles. The molecule has 1 fully saturated rings. The van der Waals surface area contributed by atoms with Crippen molar-refractivity contribution in [3.05, 3.63) is 11.5 Å². The summed E-state index contributed by atoms with van der Waals surface area (Å²) in [6.07, 6.45) is 5.57. The van der Waals surface area contributed by atoms with E-state index >= 15 is 0 Å². The maximum Gasteiger partial charge on any atom is 0.360 e. The SMILES string of the molecule is CCc1nc(C(=O)OC)c(N)n1C1CCCCC1C. The molecular weight excluding hydrogens is 242 g/mol. The normalized spacial score (nSPS) is 23.3. The highest BCUT2D eigenvalue weighted by Gasteiger charge is 2.29. The molecule has 0 spiro atoms. The number of anilines is 1. The van der Waals surface area contributed by atoms with E-state index in [1.165, 1.54) is 26.4 Å². The first-order valence-corrected chi connectivity index (χ1v) is 7.05. The molecule has 1 saturated carbocycles. The number of imidazole rings is 1. The van der Waals surface area contributed by atoms with Gasteiger partial charge < -0.3 is 15.0 Å². The molecule has 2 rings (SSSR count). The number of aromatic nitrogens is 2.